The molecular formula is C69H65Cl5F9N5O12S4. The second-order valence-electron chi connectivity index (χ2n) is 23.9. The minimum absolute atomic E-state index is 0.0835. The molecule has 0 aliphatic carbocycles. The summed E-state index contributed by atoms with van der Waals surface area (Å²) in [6, 6.07) is 29.9. The van der Waals surface area contributed by atoms with Crippen LogP contribution in [0.1, 0.15) is 133 Å². The number of aromatic nitrogens is 5. The number of rotatable bonds is 13. The highest BCUT2D eigenvalue weighted by atomic mass is 35.5. The number of ether oxygens (including phenoxy) is 4. The standard InChI is InChI=1S/C18H17ClF3NO3S.C17H15ClF3NO3S.C17H15ClF3NOS.C11H14ClNO4S.C6H4ClNO/c1-17(7-8-26-16(10-17)15-6-5-13(19)11-23-15)27(24,25)14-4-2-3-12(9-14)18(20,21)22;18-12-4-5-15(22-10-12)16-9-14(6-7-25-16)26(23,24)13-3-1-2-11(8-13)17(19,20)21;18-12-4-5-15(22-10-12)16-9-14(6-7-23-16)24-13-3-1-2-11(8-13)17(19,20)21;1-18(14,15)17-9-4-5-16-11(6-9)10-3-2-8(12)7-13-10;7-5-1-2-6(4-9)8-3-5/h2-6,9,11,16H,7-8,10H2,1H3;1-5,8,10,14,16H,6-7,9H2;1-5,8,10,14,16H,6-7,9H2;2-3,7,9,11H,4-6H2,1H3;1-4H. The van der Waals surface area contributed by atoms with Crippen molar-refractivity contribution in [3.8, 4) is 0 Å². The van der Waals surface area contributed by atoms with E-state index in [-0.39, 0.29) is 72.2 Å². The van der Waals surface area contributed by atoms with Gasteiger partial charge in [-0.15, -0.1) is 11.8 Å². The van der Waals surface area contributed by atoms with Crippen molar-refractivity contribution in [2.45, 2.75) is 137 Å². The van der Waals surface area contributed by atoms with Crippen LogP contribution in [0.4, 0.5) is 39.5 Å². The molecule has 9 heterocycles. The molecule has 104 heavy (non-hydrogen) atoms. The van der Waals surface area contributed by atoms with E-state index < -0.39 is 87.2 Å². The van der Waals surface area contributed by atoms with Gasteiger partial charge in [0.15, 0.2) is 26.0 Å². The lowest BCUT2D eigenvalue weighted by Gasteiger charge is -2.37. The summed E-state index contributed by atoms with van der Waals surface area (Å²) in [7, 11) is -11.4. The highest BCUT2D eigenvalue weighted by Gasteiger charge is 2.46. The Kier molecular flexibility index (Phi) is 29.5. The third-order valence-corrected chi connectivity index (χ3v) is 24.1. The number of carbonyl (C=O) groups is 1. The predicted molar refractivity (Wildman–Crippen MR) is 374 cm³/mol. The molecule has 17 nitrogen and oxygen atoms in total. The van der Waals surface area contributed by atoms with Crippen LogP contribution in [0, 0.1) is 0 Å². The summed E-state index contributed by atoms with van der Waals surface area (Å²) in [6.45, 7) is 2.89. The number of carbonyl (C=O) groups excluding carboxylic acids is 1. The number of nitrogens with zero attached hydrogens (tertiary/aromatic N) is 5. The Labute approximate surface area is 623 Å². The fraction of sp³-hybridized carbons (Fsp3) is 0.362. The minimum atomic E-state index is -4.61. The van der Waals surface area contributed by atoms with E-state index in [2.05, 4.69) is 24.9 Å². The Morgan fingerprint density at radius 1 is 0.490 bits per heavy atom. The largest absolute Gasteiger partial charge is 0.416 e. The van der Waals surface area contributed by atoms with Gasteiger partial charge in [0.1, 0.15) is 30.1 Å². The van der Waals surface area contributed by atoms with Gasteiger partial charge in [-0.25, -0.2) is 16.8 Å². The average Bonchev–Trinajstić information content (AvgIpc) is 0.690. The molecule has 35 heteroatoms. The number of thioether (sulfide) groups is 1. The molecular weight excluding hydrogens is 1570 g/mol. The fourth-order valence-corrected chi connectivity index (χ4v) is 17.0. The Morgan fingerprint density at radius 3 is 1.37 bits per heavy atom. The van der Waals surface area contributed by atoms with Crippen molar-refractivity contribution in [3.63, 3.8) is 0 Å². The first-order chi connectivity index (χ1) is 48.9. The number of hydrogen-bond acceptors (Lipinski definition) is 18. The zero-order valence-electron chi connectivity index (χ0n) is 54.8. The lowest BCUT2D eigenvalue weighted by atomic mass is 9.94. The Bertz CT molecular complexity index is 4500. The van der Waals surface area contributed by atoms with Crippen molar-refractivity contribution < 1.29 is 92.7 Å². The van der Waals surface area contributed by atoms with Crippen LogP contribution in [0.25, 0.3) is 0 Å². The van der Waals surface area contributed by atoms with Gasteiger partial charge in [-0.2, -0.15) is 47.9 Å². The van der Waals surface area contributed by atoms with E-state index >= 15 is 0 Å². The molecule has 0 bridgehead atoms. The molecule has 8 aromatic rings. The van der Waals surface area contributed by atoms with Crippen molar-refractivity contribution in [3.05, 3.63) is 235 Å². The molecule has 0 N–H and O–H groups in total. The van der Waals surface area contributed by atoms with Crippen LogP contribution in [0.2, 0.25) is 25.1 Å². The van der Waals surface area contributed by atoms with Gasteiger partial charge < -0.3 is 18.9 Å². The smallest absolute Gasteiger partial charge is 0.372 e. The summed E-state index contributed by atoms with van der Waals surface area (Å²) in [6.07, 6.45) is -3.13. The van der Waals surface area contributed by atoms with Crippen molar-refractivity contribution in [1.82, 2.24) is 24.9 Å². The molecule has 560 valence electrons. The molecule has 5 aromatic heterocycles. The number of halogens is 14. The number of benzene rings is 3. The minimum Gasteiger partial charge on any atom is -0.372 e. The molecule has 4 aliphatic heterocycles. The molecule has 0 amide bonds. The maximum absolute atomic E-state index is 13.2. The van der Waals surface area contributed by atoms with E-state index in [4.69, 9.17) is 81.1 Å². The van der Waals surface area contributed by atoms with Gasteiger partial charge >= 0.3 is 18.5 Å². The van der Waals surface area contributed by atoms with Crippen molar-refractivity contribution in [2.75, 3.05) is 32.7 Å². The Hall–Kier alpha value is -6.10. The second-order valence-corrected chi connectivity index (χ2v) is 33.8. The van der Waals surface area contributed by atoms with E-state index in [1.165, 1.54) is 61.5 Å². The van der Waals surface area contributed by atoms with Crippen LogP contribution in [-0.4, -0.2) is 110 Å². The van der Waals surface area contributed by atoms with Gasteiger partial charge in [0.2, 0.25) is 0 Å². The van der Waals surface area contributed by atoms with Crippen LogP contribution in [0.15, 0.2) is 179 Å². The SMILES string of the molecule is CC1(S(=O)(=O)c2cccc(C(F)(F)F)c2)CCOC(c2ccc(Cl)cn2)C1.CS(=O)(=O)OC1CCOC(c2ccc(Cl)cn2)C1.FC(F)(F)c1cccc(SC2CCOC(c3ccc(Cl)cn3)C2)c1.O=Cc1ccc(Cl)cn1.O=S(=O)(c1cccc(C(F)(F)F)c1)C1CCOC(c2ccc(Cl)cn2)C1. The second kappa shape index (κ2) is 36.7. The van der Waals surface area contributed by atoms with Crippen LogP contribution >= 0.6 is 69.8 Å². The summed E-state index contributed by atoms with van der Waals surface area (Å²) < 4.78 is 216. The topological polar surface area (TPSA) is 230 Å². The number of sulfone groups is 2. The maximum atomic E-state index is 13.2. The van der Waals surface area contributed by atoms with Gasteiger partial charge in [0.05, 0.1) is 96.7 Å². The summed E-state index contributed by atoms with van der Waals surface area (Å²) in [5, 5.41) is 1.88. The molecule has 4 aliphatic rings. The van der Waals surface area contributed by atoms with E-state index in [9.17, 15) is 69.6 Å². The number of alkyl halides is 9. The van der Waals surface area contributed by atoms with E-state index in [1.54, 1.807) is 73.1 Å². The zero-order chi connectivity index (χ0) is 75.8. The predicted octanol–water partition coefficient (Wildman–Crippen LogP) is 18.5. The zero-order valence-corrected chi connectivity index (χ0v) is 61.8. The average molecular weight is 1630 g/mol. The first-order valence-corrected chi connectivity index (χ1v) is 39.0. The van der Waals surface area contributed by atoms with Gasteiger partial charge in [-0.05, 0) is 167 Å². The van der Waals surface area contributed by atoms with Gasteiger partial charge in [0.25, 0.3) is 10.1 Å². The van der Waals surface area contributed by atoms with Crippen molar-refractivity contribution in [1.29, 1.82) is 0 Å². The van der Waals surface area contributed by atoms with Gasteiger partial charge in [-0.1, -0.05) is 76.2 Å². The van der Waals surface area contributed by atoms with Crippen molar-refractivity contribution >= 4 is 106 Å². The maximum Gasteiger partial charge on any atom is 0.416 e. The lowest BCUT2D eigenvalue weighted by molar-refractivity contribution is -0.138. The first kappa shape index (κ1) is 83.5. The molecule has 12 rings (SSSR count). The van der Waals surface area contributed by atoms with E-state index in [1.807, 2.05) is 6.07 Å². The fourth-order valence-electron chi connectivity index (χ4n) is 10.9. The normalized spacial score (nSPS) is 21.7. The number of aldehydes is 1. The first-order valence-electron chi connectivity index (χ1n) is 31.4. The molecule has 4 fully saturated rings. The van der Waals surface area contributed by atoms with Crippen LogP contribution < -0.4 is 0 Å². The third-order valence-electron chi connectivity index (χ3n) is 16.3. The van der Waals surface area contributed by atoms with Crippen molar-refractivity contribution in [2.24, 2.45) is 0 Å². The number of pyridine rings is 5. The van der Waals surface area contributed by atoms with Crippen LogP contribution in [0.5, 0.6) is 0 Å². The Balaban J connectivity index is 0.000000170. The van der Waals surface area contributed by atoms with Gasteiger partial charge in [-0.3, -0.25) is 33.9 Å². The summed E-state index contributed by atoms with van der Waals surface area (Å²) in [5.74, 6) is 0. The molecule has 0 radical (unpaired) electrons. The molecule has 3 aromatic carbocycles. The highest BCUT2D eigenvalue weighted by molar-refractivity contribution is 8.00. The van der Waals surface area contributed by atoms with Crippen LogP contribution in [0.3, 0.4) is 0 Å². The molecule has 8 atom stereocenters. The van der Waals surface area contributed by atoms with E-state index in [0.29, 0.717) is 98.0 Å². The van der Waals surface area contributed by atoms with E-state index in [0.717, 1.165) is 54.4 Å². The molecule has 0 saturated carbocycles. The Morgan fingerprint density at radius 2 is 0.904 bits per heavy atom. The van der Waals surface area contributed by atoms with Crippen LogP contribution in [-0.2, 0) is 71.5 Å². The summed E-state index contributed by atoms with van der Waals surface area (Å²) in [4.78, 5) is 30.4. The quantitative estimate of drug-likeness (QED) is 0.0593. The third kappa shape index (κ3) is 24.5. The summed E-state index contributed by atoms with van der Waals surface area (Å²) in [5.41, 5.74) is 0.421. The lowest BCUT2D eigenvalue weighted by Crippen LogP contribution is -2.42. The molecule has 4 saturated heterocycles. The number of hydrogen-bond donors (Lipinski definition) is 0. The molecule has 8 unspecified atom stereocenters. The molecule has 0 spiro atoms. The monoisotopic (exact) mass is 1630 g/mol. The highest BCUT2D eigenvalue weighted by Crippen LogP contribution is 2.44. The summed E-state index contributed by atoms with van der Waals surface area (Å²) >= 11 is 30.2. The van der Waals surface area contributed by atoms with Gasteiger partial charge in [0, 0.05) is 74.0 Å².